The highest BCUT2D eigenvalue weighted by Crippen LogP contribution is 2.38. The van der Waals surface area contributed by atoms with E-state index in [0.29, 0.717) is 11.6 Å². The number of carbonyl (C=O) groups is 3. The van der Waals surface area contributed by atoms with Gasteiger partial charge in [0.1, 0.15) is 12.6 Å². The average molecular weight is 427 g/mol. The fourth-order valence-electron chi connectivity index (χ4n) is 3.65. The van der Waals surface area contributed by atoms with Crippen LogP contribution in [0, 0.1) is 19.8 Å². The predicted octanol–water partition coefficient (Wildman–Crippen LogP) is 4.12. The molecule has 166 valence electrons. The van der Waals surface area contributed by atoms with Crippen LogP contribution in [0.3, 0.4) is 0 Å². The van der Waals surface area contributed by atoms with Gasteiger partial charge in [0, 0.05) is 23.0 Å². The van der Waals surface area contributed by atoms with E-state index in [1.807, 2.05) is 50.2 Å². The van der Waals surface area contributed by atoms with E-state index in [0.717, 1.165) is 29.8 Å². The van der Waals surface area contributed by atoms with Crippen molar-refractivity contribution in [2.45, 2.75) is 59.2 Å². The van der Waals surface area contributed by atoms with Crippen molar-refractivity contribution in [3.8, 4) is 0 Å². The van der Waals surface area contributed by atoms with Crippen molar-refractivity contribution >= 4 is 17.8 Å². The summed E-state index contributed by atoms with van der Waals surface area (Å²) in [5.41, 5.74) is 3.37. The molecule has 1 aliphatic carbocycles. The normalized spacial score (nSPS) is 14.2. The van der Waals surface area contributed by atoms with Crippen molar-refractivity contribution in [2.24, 2.45) is 5.92 Å². The monoisotopic (exact) mass is 426 g/mol. The van der Waals surface area contributed by atoms with Crippen molar-refractivity contribution in [1.82, 2.24) is 9.88 Å². The Bertz CT molecular complexity index is 944. The van der Waals surface area contributed by atoms with Crippen LogP contribution in [-0.2, 0) is 20.9 Å². The topological polar surface area (TPSA) is 86.6 Å². The summed E-state index contributed by atoms with van der Waals surface area (Å²) in [7, 11) is 0. The van der Waals surface area contributed by atoms with Gasteiger partial charge in [-0.3, -0.25) is 4.79 Å². The zero-order valence-electron chi connectivity index (χ0n) is 18.5. The van der Waals surface area contributed by atoms with Gasteiger partial charge in [0.15, 0.2) is 6.61 Å². The first-order chi connectivity index (χ1) is 14.8. The maximum absolute atomic E-state index is 12.6. The molecule has 0 aliphatic heterocycles. The number of rotatable bonds is 9. The fourth-order valence-corrected chi connectivity index (χ4v) is 3.65. The number of alkyl carbamates (subject to hydrolysis) is 1. The molecule has 1 N–H and O–H groups in total. The summed E-state index contributed by atoms with van der Waals surface area (Å²) in [6.07, 6.45) is 1.54. The first-order valence-corrected chi connectivity index (χ1v) is 10.6. The quantitative estimate of drug-likeness (QED) is 0.482. The molecule has 31 heavy (non-hydrogen) atoms. The van der Waals surface area contributed by atoms with E-state index in [2.05, 4.69) is 9.88 Å². The lowest BCUT2D eigenvalue weighted by Gasteiger charge is -2.20. The Balaban J connectivity index is 1.53. The van der Waals surface area contributed by atoms with Crippen LogP contribution in [0.4, 0.5) is 4.79 Å². The summed E-state index contributed by atoms with van der Waals surface area (Å²) in [6, 6.07) is 10.7. The lowest BCUT2D eigenvalue weighted by atomic mass is 10.1. The molecule has 7 nitrogen and oxygen atoms in total. The SMILES string of the molecule is Cc1cc(C(=O)COC(=O)[C@@H](NC(=O)OCc2ccccc2)C(C)C)c(C)n1C1CC1. The van der Waals surface area contributed by atoms with E-state index in [4.69, 9.17) is 9.47 Å². The molecule has 1 amide bonds. The summed E-state index contributed by atoms with van der Waals surface area (Å²) in [5.74, 6) is -1.13. The van der Waals surface area contributed by atoms with Crippen molar-refractivity contribution < 1.29 is 23.9 Å². The Morgan fingerprint density at radius 2 is 1.77 bits per heavy atom. The van der Waals surface area contributed by atoms with Gasteiger partial charge in [-0.1, -0.05) is 44.2 Å². The Hall–Kier alpha value is -3.09. The largest absolute Gasteiger partial charge is 0.456 e. The lowest BCUT2D eigenvalue weighted by molar-refractivity contribution is -0.146. The molecule has 0 radical (unpaired) electrons. The maximum Gasteiger partial charge on any atom is 0.408 e. The van der Waals surface area contributed by atoms with Gasteiger partial charge in [0.2, 0.25) is 5.78 Å². The summed E-state index contributed by atoms with van der Waals surface area (Å²) in [5, 5.41) is 2.55. The summed E-state index contributed by atoms with van der Waals surface area (Å²) < 4.78 is 12.6. The third-order valence-corrected chi connectivity index (χ3v) is 5.45. The van der Waals surface area contributed by atoms with Crippen LogP contribution >= 0.6 is 0 Å². The first kappa shape index (κ1) is 22.6. The number of nitrogens with one attached hydrogen (secondary N) is 1. The molecule has 1 saturated carbocycles. The van der Waals surface area contributed by atoms with Crippen LogP contribution in [0.1, 0.15) is 60.0 Å². The second-order valence-electron chi connectivity index (χ2n) is 8.34. The van der Waals surface area contributed by atoms with Crippen LogP contribution in [-0.4, -0.2) is 35.1 Å². The van der Waals surface area contributed by atoms with E-state index in [9.17, 15) is 14.4 Å². The smallest absolute Gasteiger partial charge is 0.408 e. The Labute approximate surface area is 182 Å². The molecular weight excluding hydrogens is 396 g/mol. The van der Waals surface area contributed by atoms with Crippen molar-refractivity contribution in [3.05, 3.63) is 58.9 Å². The minimum Gasteiger partial charge on any atom is -0.456 e. The number of ketones is 1. The van der Waals surface area contributed by atoms with Crippen molar-refractivity contribution in [3.63, 3.8) is 0 Å². The number of hydrogen-bond donors (Lipinski definition) is 1. The number of aryl methyl sites for hydroxylation is 1. The van der Waals surface area contributed by atoms with E-state index in [1.54, 1.807) is 13.8 Å². The number of Topliss-reactive ketones (excluding diaryl/α,β-unsaturated/α-hetero) is 1. The highest BCUT2D eigenvalue weighted by atomic mass is 16.6. The average Bonchev–Trinajstić information content (AvgIpc) is 3.53. The molecule has 7 heteroatoms. The molecule has 3 rings (SSSR count). The molecule has 0 unspecified atom stereocenters. The molecule has 1 aromatic heterocycles. The first-order valence-electron chi connectivity index (χ1n) is 10.6. The van der Waals surface area contributed by atoms with Gasteiger partial charge >= 0.3 is 12.1 Å². The standard InChI is InChI=1S/C24H30N2O5/c1-15(2)22(25-24(29)31-13-18-8-6-5-7-9-18)23(28)30-14-21(27)20-12-16(3)26(17(20)4)19-10-11-19/h5-9,12,15,19,22H,10-11,13-14H2,1-4H3,(H,25,29)/t22-/m0/s1. The van der Waals surface area contributed by atoms with Crippen LogP contribution in [0.2, 0.25) is 0 Å². The van der Waals surface area contributed by atoms with Crippen molar-refractivity contribution in [2.75, 3.05) is 6.61 Å². The number of benzene rings is 1. The van der Waals surface area contributed by atoms with E-state index < -0.39 is 18.1 Å². The van der Waals surface area contributed by atoms with Gasteiger partial charge in [-0.05, 0) is 44.2 Å². The van der Waals surface area contributed by atoms with Gasteiger partial charge in [0.05, 0.1) is 0 Å². The molecule has 1 heterocycles. The number of nitrogens with zero attached hydrogens (tertiary/aromatic N) is 1. The van der Waals surface area contributed by atoms with Gasteiger partial charge in [-0.25, -0.2) is 9.59 Å². The predicted molar refractivity (Wildman–Crippen MR) is 116 cm³/mol. The minimum absolute atomic E-state index is 0.0988. The van der Waals surface area contributed by atoms with Gasteiger partial charge in [-0.15, -0.1) is 0 Å². The van der Waals surface area contributed by atoms with Crippen LogP contribution in [0.5, 0.6) is 0 Å². The van der Waals surface area contributed by atoms with Gasteiger partial charge in [0.25, 0.3) is 0 Å². The Morgan fingerprint density at radius 1 is 1.10 bits per heavy atom. The number of esters is 1. The molecule has 1 atom stereocenters. The fraction of sp³-hybridized carbons (Fsp3) is 0.458. The molecule has 1 aromatic carbocycles. The summed E-state index contributed by atoms with van der Waals surface area (Å²) in [6.45, 7) is 7.21. The zero-order chi connectivity index (χ0) is 22.5. The summed E-state index contributed by atoms with van der Waals surface area (Å²) in [4.78, 5) is 37.3. The third-order valence-electron chi connectivity index (χ3n) is 5.45. The van der Waals surface area contributed by atoms with Crippen molar-refractivity contribution in [1.29, 1.82) is 0 Å². The number of amides is 1. The van der Waals surface area contributed by atoms with Crippen LogP contribution < -0.4 is 5.32 Å². The maximum atomic E-state index is 12.6. The molecule has 0 spiro atoms. The molecule has 2 aromatic rings. The Morgan fingerprint density at radius 3 is 2.39 bits per heavy atom. The van der Waals surface area contributed by atoms with Crippen LogP contribution in [0.15, 0.2) is 36.4 Å². The van der Waals surface area contributed by atoms with E-state index in [1.165, 1.54) is 0 Å². The summed E-state index contributed by atoms with van der Waals surface area (Å²) >= 11 is 0. The second-order valence-corrected chi connectivity index (χ2v) is 8.34. The molecule has 1 fully saturated rings. The zero-order valence-corrected chi connectivity index (χ0v) is 18.5. The number of aromatic nitrogens is 1. The van der Waals surface area contributed by atoms with Gasteiger partial charge < -0.3 is 19.4 Å². The van der Waals surface area contributed by atoms with Gasteiger partial charge in [-0.2, -0.15) is 0 Å². The van der Waals surface area contributed by atoms with E-state index >= 15 is 0 Å². The highest BCUT2D eigenvalue weighted by molar-refractivity contribution is 5.99. The Kier molecular flexibility index (Phi) is 7.15. The molecule has 0 bridgehead atoms. The number of carbonyl (C=O) groups excluding carboxylic acids is 3. The highest BCUT2D eigenvalue weighted by Gasteiger charge is 2.30. The lowest BCUT2D eigenvalue weighted by Crippen LogP contribution is -2.45. The number of hydrogen-bond acceptors (Lipinski definition) is 5. The molecular formula is C24H30N2O5. The number of ether oxygens (including phenoxy) is 2. The van der Waals surface area contributed by atoms with E-state index in [-0.39, 0.29) is 24.9 Å². The second kappa shape index (κ2) is 9.81. The van der Waals surface area contributed by atoms with Crippen LogP contribution in [0.25, 0.3) is 0 Å². The third kappa shape index (κ3) is 5.75. The minimum atomic E-state index is -0.907. The molecule has 0 saturated heterocycles. The molecule has 1 aliphatic rings.